The summed E-state index contributed by atoms with van der Waals surface area (Å²) in [5.41, 5.74) is 1.29. The standard InChI is InChI=1S/C13H15IN2O/c1-9(17)15-7-13-6-12(15)8-16(13)11-4-2-10(14)3-5-11/h2-5,12-13H,6-8H2,1H3. The Morgan fingerprint density at radius 3 is 2.47 bits per heavy atom. The summed E-state index contributed by atoms with van der Waals surface area (Å²) in [5.74, 6) is 0.222. The van der Waals surface area contributed by atoms with E-state index < -0.39 is 0 Å². The minimum absolute atomic E-state index is 0.222. The number of likely N-dealkylation sites (tertiary alicyclic amines) is 1. The minimum Gasteiger partial charge on any atom is -0.365 e. The molecule has 0 radical (unpaired) electrons. The number of nitrogens with zero attached hydrogens (tertiary/aromatic N) is 2. The molecule has 17 heavy (non-hydrogen) atoms. The van der Waals surface area contributed by atoms with E-state index >= 15 is 0 Å². The van der Waals surface area contributed by atoms with E-state index in [0.29, 0.717) is 12.1 Å². The third kappa shape index (κ3) is 1.92. The number of benzene rings is 1. The Morgan fingerprint density at radius 2 is 1.94 bits per heavy atom. The lowest BCUT2D eigenvalue weighted by atomic mass is 10.2. The van der Waals surface area contributed by atoms with Crippen molar-refractivity contribution in [2.75, 3.05) is 18.0 Å². The summed E-state index contributed by atoms with van der Waals surface area (Å²) < 4.78 is 1.26. The molecule has 2 bridgehead atoms. The molecular weight excluding hydrogens is 327 g/mol. The molecule has 2 saturated heterocycles. The maximum absolute atomic E-state index is 11.4. The zero-order valence-electron chi connectivity index (χ0n) is 9.77. The maximum atomic E-state index is 11.4. The molecular formula is C13H15IN2O. The molecule has 90 valence electrons. The summed E-state index contributed by atoms with van der Waals surface area (Å²) in [7, 11) is 0. The summed E-state index contributed by atoms with van der Waals surface area (Å²) >= 11 is 2.32. The number of piperazine rings is 1. The summed E-state index contributed by atoms with van der Waals surface area (Å²) in [5, 5.41) is 0. The largest absolute Gasteiger partial charge is 0.365 e. The van der Waals surface area contributed by atoms with E-state index in [2.05, 4.69) is 51.8 Å². The minimum atomic E-state index is 0.222. The van der Waals surface area contributed by atoms with Crippen LogP contribution < -0.4 is 4.90 Å². The molecule has 0 spiro atoms. The first kappa shape index (κ1) is 11.3. The Labute approximate surface area is 115 Å². The smallest absolute Gasteiger partial charge is 0.219 e. The monoisotopic (exact) mass is 342 g/mol. The van der Waals surface area contributed by atoms with Gasteiger partial charge in [0.05, 0.1) is 6.04 Å². The van der Waals surface area contributed by atoms with E-state index in [-0.39, 0.29) is 5.91 Å². The molecule has 2 heterocycles. The van der Waals surface area contributed by atoms with Gasteiger partial charge in [-0.1, -0.05) is 0 Å². The average molecular weight is 342 g/mol. The van der Waals surface area contributed by atoms with Crippen LogP contribution >= 0.6 is 22.6 Å². The lowest BCUT2D eigenvalue weighted by molar-refractivity contribution is -0.129. The summed E-state index contributed by atoms with van der Waals surface area (Å²) in [4.78, 5) is 15.9. The second-order valence-electron chi connectivity index (χ2n) is 4.84. The Morgan fingerprint density at radius 1 is 1.24 bits per heavy atom. The van der Waals surface area contributed by atoms with Gasteiger partial charge in [0.2, 0.25) is 5.91 Å². The quantitative estimate of drug-likeness (QED) is 0.730. The van der Waals surface area contributed by atoms with Crippen LogP contribution in [-0.2, 0) is 4.79 Å². The molecule has 3 rings (SSSR count). The van der Waals surface area contributed by atoms with E-state index in [1.807, 2.05) is 4.90 Å². The Balaban J connectivity index is 1.78. The van der Waals surface area contributed by atoms with Crippen molar-refractivity contribution in [3.63, 3.8) is 0 Å². The van der Waals surface area contributed by atoms with Crippen molar-refractivity contribution >= 4 is 34.2 Å². The van der Waals surface area contributed by atoms with E-state index in [1.54, 1.807) is 6.92 Å². The molecule has 2 unspecified atom stereocenters. The molecule has 2 atom stereocenters. The lowest BCUT2D eigenvalue weighted by Crippen LogP contribution is -2.48. The summed E-state index contributed by atoms with van der Waals surface area (Å²) in [6.07, 6.45) is 1.13. The Kier molecular flexibility index (Phi) is 2.77. The second kappa shape index (κ2) is 4.15. The highest BCUT2D eigenvalue weighted by atomic mass is 127. The number of carbonyl (C=O) groups is 1. The van der Waals surface area contributed by atoms with E-state index in [4.69, 9.17) is 0 Å². The van der Waals surface area contributed by atoms with E-state index in [9.17, 15) is 4.79 Å². The van der Waals surface area contributed by atoms with E-state index in [0.717, 1.165) is 19.5 Å². The van der Waals surface area contributed by atoms with Gasteiger partial charge in [-0.2, -0.15) is 0 Å². The first-order valence-electron chi connectivity index (χ1n) is 5.94. The number of hydrogen-bond acceptors (Lipinski definition) is 2. The van der Waals surface area contributed by atoms with Gasteiger partial charge in [-0.3, -0.25) is 4.79 Å². The number of fused-ring (bicyclic) bond motifs is 2. The van der Waals surface area contributed by atoms with Crippen LogP contribution in [0.1, 0.15) is 13.3 Å². The fourth-order valence-electron chi connectivity index (χ4n) is 3.00. The van der Waals surface area contributed by atoms with Gasteiger partial charge >= 0.3 is 0 Å². The molecule has 2 fully saturated rings. The van der Waals surface area contributed by atoms with Gasteiger partial charge in [-0.25, -0.2) is 0 Å². The van der Waals surface area contributed by atoms with E-state index in [1.165, 1.54) is 9.26 Å². The number of carbonyl (C=O) groups excluding carboxylic acids is 1. The molecule has 1 amide bonds. The second-order valence-corrected chi connectivity index (χ2v) is 6.09. The molecule has 0 N–H and O–H groups in total. The van der Waals surface area contributed by atoms with Crippen LogP contribution in [0.2, 0.25) is 0 Å². The Hall–Kier alpha value is -0.780. The van der Waals surface area contributed by atoms with Crippen LogP contribution in [0.25, 0.3) is 0 Å². The van der Waals surface area contributed by atoms with Crippen molar-refractivity contribution in [1.29, 1.82) is 0 Å². The summed E-state index contributed by atoms with van der Waals surface area (Å²) in [6, 6.07) is 9.59. The number of amides is 1. The first-order valence-corrected chi connectivity index (χ1v) is 7.02. The number of hydrogen-bond donors (Lipinski definition) is 0. The van der Waals surface area contributed by atoms with Crippen molar-refractivity contribution in [2.24, 2.45) is 0 Å². The molecule has 0 saturated carbocycles. The topological polar surface area (TPSA) is 23.6 Å². The molecule has 1 aromatic rings. The van der Waals surface area contributed by atoms with Crippen LogP contribution in [0.3, 0.4) is 0 Å². The SMILES string of the molecule is CC(=O)N1CC2CC1CN2c1ccc(I)cc1. The van der Waals surface area contributed by atoms with Crippen molar-refractivity contribution in [3.05, 3.63) is 27.8 Å². The van der Waals surface area contributed by atoms with Gasteiger partial charge in [0, 0.05) is 35.3 Å². The molecule has 1 aromatic carbocycles. The molecule has 2 aliphatic rings. The van der Waals surface area contributed by atoms with Crippen molar-refractivity contribution in [1.82, 2.24) is 4.90 Å². The van der Waals surface area contributed by atoms with Crippen LogP contribution in [0.4, 0.5) is 5.69 Å². The van der Waals surface area contributed by atoms with Gasteiger partial charge in [0.15, 0.2) is 0 Å². The highest BCUT2D eigenvalue weighted by Gasteiger charge is 2.44. The average Bonchev–Trinajstić information content (AvgIpc) is 2.89. The van der Waals surface area contributed by atoms with Gasteiger partial charge in [-0.15, -0.1) is 0 Å². The van der Waals surface area contributed by atoms with Crippen LogP contribution in [0, 0.1) is 3.57 Å². The van der Waals surface area contributed by atoms with Gasteiger partial charge in [-0.05, 0) is 53.3 Å². The number of rotatable bonds is 1. The zero-order valence-corrected chi connectivity index (χ0v) is 11.9. The zero-order chi connectivity index (χ0) is 12.0. The fourth-order valence-corrected chi connectivity index (χ4v) is 3.36. The maximum Gasteiger partial charge on any atom is 0.219 e. The third-order valence-electron chi connectivity index (χ3n) is 3.80. The van der Waals surface area contributed by atoms with Crippen molar-refractivity contribution in [2.45, 2.75) is 25.4 Å². The van der Waals surface area contributed by atoms with Crippen molar-refractivity contribution in [3.8, 4) is 0 Å². The fraction of sp³-hybridized carbons (Fsp3) is 0.462. The van der Waals surface area contributed by atoms with Gasteiger partial charge in [0.25, 0.3) is 0 Å². The molecule has 4 heteroatoms. The van der Waals surface area contributed by atoms with Crippen molar-refractivity contribution < 1.29 is 4.79 Å². The predicted molar refractivity (Wildman–Crippen MR) is 76.1 cm³/mol. The normalized spacial score (nSPS) is 26.7. The molecule has 2 aliphatic heterocycles. The molecule has 3 nitrogen and oxygen atoms in total. The highest BCUT2D eigenvalue weighted by molar-refractivity contribution is 14.1. The van der Waals surface area contributed by atoms with Gasteiger partial charge in [0.1, 0.15) is 0 Å². The Bertz CT molecular complexity index is 445. The highest BCUT2D eigenvalue weighted by Crippen LogP contribution is 2.34. The van der Waals surface area contributed by atoms with Gasteiger partial charge < -0.3 is 9.80 Å². The molecule has 0 aromatic heterocycles. The van der Waals surface area contributed by atoms with Crippen LogP contribution in [0.15, 0.2) is 24.3 Å². The predicted octanol–water partition coefficient (Wildman–Crippen LogP) is 2.10. The first-order chi connectivity index (χ1) is 8.15. The molecule has 0 aliphatic carbocycles. The number of halogens is 1. The summed E-state index contributed by atoms with van der Waals surface area (Å²) in [6.45, 7) is 3.56. The third-order valence-corrected chi connectivity index (χ3v) is 4.52. The number of anilines is 1. The lowest BCUT2D eigenvalue weighted by Gasteiger charge is -2.35. The van der Waals surface area contributed by atoms with Crippen LogP contribution in [-0.4, -0.2) is 36.0 Å². The van der Waals surface area contributed by atoms with Crippen LogP contribution in [0.5, 0.6) is 0 Å².